The Kier molecular flexibility index (Phi) is 9.78. The van der Waals surface area contributed by atoms with Crippen LogP contribution < -0.4 is 4.90 Å². The van der Waals surface area contributed by atoms with Gasteiger partial charge in [0, 0.05) is 24.6 Å². The van der Waals surface area contributed by atoms with Gasteiger partial charge in [-0.15, -0.1) is 12.6 Å². The molecule has 186 valence electrons. The SMILES string of the molecule is CC(=O)N(Cc1ccccc1)C(=NCc1ccccc1C(=O)O)S/C=C(\C)N(C)c1ccccc1S. The first-order valence-corrected chi connectivity index (χ1v) is 12.6. The minimum absolute atomic E-state index is 0.131. The van der Waals surface area contributed by atoms with Crippen molar-refractivity contribution >= 4 is 47.1 Å². The number of thioether (sulfide) groups is 1. The van der Waals surface area contributed by atoms with Gasteiger partial charge >= 0.3 is 5.97 Å². The van der Waals surface area contributed by atoms with Crippen LogP contribution in [0.3, 0.4) is 0 Å². The third-order valence-electron chi connectivity index (χ3n) is 5.53. The average molecular weight is 520 g/mol. The van der Waals surface area contributed by atoms with Crippen LogP contribution in [-0.2, 0) is 17.9 Å². The lowest BCUT2D eigenvalue weighted by atomic mass is 10.1. The number of thiol groups is 1. The monoisotopic (exact) mass is 519 g/mol. The van der Waals surface area contributed by atoms with Crippen LogP contribution in [-0.4, -0.2) is 34.1 Å². The fraction of sp³-hybridized carbons (Fsp3) is 0.179. The Morgan fingerprint density at radius 3 is 2.28 bits per heavy atom. The average Bonchev–Trinajstić information content (AvgIpc) is 2.88. The Labute approximate surface area is 221 Å². The molecule has 3 aromatic carbocycles. The molecule has 0 aliphatic heterocycles. The summed E-state index contributed by atoms with van der Waals surface area (Å²) in [5.74, 6) is -1.16. The summed E-state index contributed by atoms with van der Waals surface area (Å²) < 4.78 is 0. The van der Waals surface area contributed by atoms with Crippen molar-refractivity contribution in [1.82, 2.24) is 4.90 Å². The van der Waals surface area contributed by atoms with Crippen molar-refractivity contribution in [3.05, 3.63) is 107 Å². The normalized spacial score (nSPS) is 11.8. The minimum atomic E-state index is -1.01. The fourth-order valence-corrected chi connectivity index (χ4v) is 4.64. The Bertz CT molecular complexity index is 1280. The number of hydrogen-bond acceptors (Lipinski definition) is 6. The number of hydrogen-bond donors (Lipinski definition) is 2. The number of nitrogens with zero attached hydrogens (tertiary/aromatic N) is 3. The number of carboxylic acid groups (broad SMARTS) is 1. The summed E-state index contributed by atoms with van der Waals surface area (Å²) in [6, 6.07) is 24.3. The lowest BCUT2D eigenvalue weighted by molar-refractivity contribution is -0.125. The molecule has 3 rings (SSSR count). The summed E-state index contributed by atoms with van der Waals surface area (Å²) in [5, 5.41) is 12.0. The number of amides is 1. The van der Waals surface area contributed by atoms with E-state index in [4.69, 9.17) is 4.99 Å². The van der Waals surface area contributed by atoms with Crippen LogP contribution in [0.15, 0.2) is 99.9 Å². The van der Waals surface area contributed by atoms with E-state index in [0.29, 0.717) is 17.3 Å². The number of para-hydroxylation sites is 1. The molecule has 1 amide bonds. The molecule has 0 heterocycles. The molecule has 0 fully saturated rings. The third-order valence-corrected chi connectivity index (χ3v) is 6.93. The number of aromatic carboxylic acids is 1. The van der Waals surface area contributed by atoms with E-state index in [1.165, 1.54) is 18.7 Å². The zero-order valence-electron chi connectivity index (χ0n) is 20.5. The largest absolute Gasteiger partial charge is 0.478 e. The van der Waals surface area contributed by atoms with Gasteiger partial charge in [0.25, 0.3) is 0 Å². The molecule has 0 aliphatic carbocycles. The summed E-state index contributed by atoms with van der Waals surface area (Å²) in [6.45, 7) is 3.96. The molecule has 36 heavy (non-hydrogen) atoms. The number of aliphatic imine (C=N–C) groups is 1. The molecule has 0 atom stereocenters. The van der Waals surface area contributed by atoms with E-state index in [0.717, 1.165) is 21.8 Å². The molecular weight excluding hydrogens is 490 g/mol. The molecular formula is C28H29N3O3S2. The van der Waals surface area contributed by atoms with Crippen LogP contribution in [0.25, 0.3) is 0 Å². The second-order valence-corrected chi connectivity index (χ2v) is 9.40. The van der Waals surface area contributed by atoms with Crippen LogP contribution in [0.5, 0.6) is 0 Å². The quantitative estimate of drug-likeness (QED) is 0.207. The van der Waals surface area contributed by atoms with E-state index in [9.17, 15) is 14.7 Å². The molecule has 6 nitrogen and oxygen atoms in total. The zero-order valence-corrected chi connectivity index (χ0v) is 22.2. The van der Waals surface area contributed by atoms with Gasteiger partial charge in [-0.25, -0.2) is 4.79 Å². The smallest absolute Gasteiger partial charge is 0.336 e. The minimum Gasteiger partial charge on any atom is -0.478 e. The number of benzene rings is 3. The zero-order chi connectivity index (χ0) is 26.1. The first-order chi connectivity index (χ1) is 17.3. The van der Waals surface area contributed by atoms with Crippen molar-refractivity contribution in [2.24, 2.45) is 4.99 Å². The predicted molar refractivity (Wildman–Crippen MR) is 151 cm³/mol. The third kappa shape index (κ3) is 7.26. The number of anilines is 1. The molecule has 3 aromatic rings. The van der Waals surface area contributed by atoms with Crippen molar-refractivity contribution in [2.45, 2.75) is 31.8 Å². The number of carbonyl (C=O) groups is 2. The second-order valence-electron chi connectivity index (χ2n) is 8.08. The highest BCUT2D eigenvalue weighted by Crippen LogP contribution is 2.27. The maximum atomic E-state index is 12.7. The maximum Gasteiger partial charge on any atom is 0.336 e. The van der Waals surface area contributed by atoms with Gasteiger partial charge in [0.1, 0.15) is 0 Å². The van der Waals surface area contributed by atoms with E-state index in [2.05, 4.69) is 12.6 Å². The standard InChI is InChI=1S/C28H29N3O3S2/c1-20(30(3)25-15-9-10-16-26(25)35)19-36-28(29-17-23-13-7-8-14-24(23)27(33)34)31(21(2)32)18-22-11-5-4-6-12-22/h4-16,19,35H,17-18H2,1-3H3,(H,33,34)/b20-19+,29-28?. The summed E-state index contributed by atoms with van der Waals surface area (Å²) in [7, 11) is 1.95. The van der Waals surface area contributed by atoms with E-state index < -0.39 is 5.97 Å². The summed E-state index contributed by atoms with van der Waals surface area (Å²) in [6.07, 6.45) is 0. The number of amidine groups is 1. The van der Waals surface area contributed by atoms with Crippen molar-refractivity contribution in [1.29, 1.82) is 0 Å². The second kappa shape index (κ2) is 13.0. The Balaban J connectivity index is 1.95. The van der Waals surface area contributed by atoms with Crippen LogP contribution in [0, 0.1) is 0 Å². The van der Waals surface area contributed by atoms with Gasteiger partial charge in [0.15, 0.2) is 5.17 Å². The summed E-state index contributed by atoms with van der Waals surface area (Å²) >= 11 is 5.88. The van der Waals surface area contributed by atoms with E-state index in [-0.39, 0.29) is 18.0 Å². The molecule has 0 bridgehead atoms. The van der Waals surface area contributed by atoms with Crippen LogP contribution in [0.4, 0.5) is 5.69 Å². The van der Waals surface area contributed by atoms with Crippen molar-refractivity contribution < 1.29 is 14.7 Å². The highest BCUT2D eigenvalue weighted by molar-refractivity contribution is 8.16. The summed E-state index contributed by atoms with van der Waals surface area (Å²) in [4.78, 5) is 33.6. The highest BCUT2D eigenvalue weighted by Gasteiger charge is 2.18. The van der Waals surface area contributed by atoms with Crippen molar-refractivity contribution in [3.8, 4) is 0 Å². The van der Waals surface area contributed by atoms with E-state index >= 15 is 0 Å². The molecule has 0 radical (unpaired) electrons. The molecule has 1 N–H and O–H groups in total. The highest BCUT2D eigenvalue weighted by atomic mass is 32.2. The molecule has 0 aromatic heterocycles. The number of rotatable bonds is 8. The Morgan fingerprint density at radius 2 is 1.61 bits per heavy atom. The van der Waals surface area contributed by atoms with Crippen LogP contribution in [0.1, 0.15) is 35.3 Å². The van der Waals surface area contributed by atoms with Gasteiger partial charge in [0.05, 0.1) is 24.3 Å². The van der Waals surface area contributed by atoms with Gasteiger partial charge in [-0.1, -0.05) is 72.4 Å². The van der Waals surface area contributed by atoms with Crippen molar-refractivity contribution in [2.75, 3.05) is 11.9 Å². The van der Waals surface area contributed by atoms with E-state index in [1.807, 2.05) is 78.9 Å². The number of allylic oxidation sites excluding steroid dienone is 1. The molecule has 0 aliphatic rings. The van der Waals surface area contributed by atoms with Crippen LogP contribution >= 0.6 is 24.4 Å². The fourth-order valence-electron chi connectivity index (χ4n) is 3.44. The van der Waals surface area contributed by atoms with Gasteiger partial charge in [0.2, 0.25) is 5.91 Å². The van der Waals surface area contributed by atoms with Gasteiger partial charge < -0.3 is 10.0 Å². The molecule has 0 saturated heterocycles. The Hall–Kier alpha value is -3.49. The van der Waals surface area contributed by atoms with Crippen LogP contribution in [0.2, 0.25) is 0 Å². The lowest BCUT2D eigenvalue weighted by Gasteiger charge is -2.24. The van der Waals surface area contributed by atoms with Gasteiger partial charge in [-0.05, 0) is 41.7 Å². The maximum absolute atomic E-state index is 12.7. The predicted octanol–water partition coefficient (Wildman–Crippen LogP) is 6.31. The topological polar surface area (TPSA) is 73.2 Å². The van der Waals surface area contributed by atoms with Crippen molar-refractivity contribution in [3.63, 3.8) is 0 Å². The van der Waals surface area contributed by atoms with Gasteiger partial charge in [-0.3, -0.25) is 14.7 Å². The first kappa shape index (κ1) is 27.1. The molecule has 0 saturated carbocycles. The molecule has 0 unspecified atom stereocenters. The number of carboxylic acids is 1. The lowest BCUT2D eigenvalue weighted by Crippen LogP contribution is -2.33. The Morgan fingerprint density at radius 1 is 0.972 bits per heavy atom. The number of carbonyl (C=O) groups excluding carboxylic acids is 1. The summed E-state index contributed by atoms with van der Waals surface area (Å²) in [5.41, 5.74) is 3.63. The van der Waals surface area contributed by atoms with E-state index in [1.54, 1.807) is 29.2 Å². The molecule has 8 heteroatoms. The molecule has 0 spiro atoms. The van der Waals surface area contributed by atoms with Gasteiger partial charge in [-0.2, -0.15) is 0 Å². The first-order valence-electron chi connectivity index (χ1n) is 11.3.